The van der Waals surface area contributed by atoms with Gasteiger partial charge < -0.3 is 19.9 Å². The summed E-state index contributed by atoms with van der Waals surface area (Å²) in [5.74, 6) is 0.500. The smallest absolute Gasteiger partial charge is 0.407 e. The van der Waals surface area contributed by atoms with E-state index in [0.717, 1.165) is 12.8 Å². The van der Waals surface area contributed by atoms with Crippen LogP contribution >= 0.6 is 11.6 Å². The summed E-state index contributed by atoms with van der Waals surface area (Å²) >= 11 is 5.87. The molecule has 22 heavy (non-hydrogen) atoms. The van der Waals surface area contributed by atoms with Gasteiger partial charge in [0, 0.05) is 6.54 Å². The number of hydrogen-bond donors (Lipinski definition) is 2. The molecule has 2 amide bonds. The highest BCUT2D eigenvalue weighted by Crippen LogP contribution is 2.31. The van der Waals surface area contributed by atoms with Crippen LogP contribution in [0.3, 0.4) is 0 Å². The van der Waals surface area contributed by atoms with E-state index in [1.54, 1.807) is 4.90 Å². The number of imidazole rings is 1. The number of likely N-dealkylation sites (tertiary alicyclic amines) is 1. The first kappa shape index (κ1) is 16.6. The Kier molecular flexibility index (Phi) is 5.28. The molecule has 2 atom stereocenters. The normalized spacial score (nSPS) is 19.3. The van der Waals surface area contributed by atoms with E-state index in [1.807, 2.05) is 13.8 Å². The molecule has 2 N–H and O–H groups in total. The van der Waals surface area contributed by atoms with E-state index >= 15 is 0 Å². The molecule has 0 saturated carbocycles. The fourth-order valence-electron chi connectivity index (χ4n) is 2.68. The van der Waals surface area contributed by atoms with E-state index in [-0.39, 0.29) is 17.9 Å². The summed E-state index contributed by atoms with van der Waals surface area (Å²) in [5, 5.41) is 3.06. The largest absolute Gasteiger partial charge is 0.453 e. The number of alkyl carbamates (subject to hydrolysis) is 1. The first-order chi connectivity index (χ1) is 10.4. The molecule has 2 heterocycles. The Morgan fingerprint density at radius 1 is 1.55 bits per heavy atom. The third kappa shape index (κ3) is 3.52. The van der Waals surface area contributed by atoms with Crippen molar-refractivity contribution in [1.82, 2.24) is 20.2 Å². The number of carbonyl (C=O) groups excluding carboxylic acids is 2. The van der Waals surface area contributed by atoms with Crippen LogP contribution in [0.2, 0.25) is 5.15 Å². The Balaban J connectivity index is 2.16. The predicted octanol–water partition coefficient (Wildman–Crippen LogP) is 2.11. The highest BCUT2D eigenvalue weighted by molar-refractivity contribution is 6.29. The minimum atomic E-state index is -0.626. The fourth-order valence-corrected chi connectivity index (χ4v) is 2.82. The summed E-state index contributed by atoms with van der Waals surface area (Å²) in [5.41, 5.74) is 0. The number of carbonyl (C=O) groups is 2. The summed E-state index contributed by atoms with van der Waals surface area (Å²) < 4.78 is 4.60. The van der Waals surface area contributed by atoms with Crippen molar-refractivity contribution in [2.75, 3.05) is 13.7 Å². The van der Waals surface area contributed by atoms with Crippen LogP contribution in [0.1, 0.15) is 38.6 Å². The monoisotopic (exact) mass is 328 g/mol. The van der Waals surface area contributed by atoms with Crippen LogP contribution in [-0.4, -0.2) is 46.6 Å². The molecule has 1 aliphatic rings. The number of aromatic nitrogens is 2. The summed E-state index contributed by atoms with van der Waals surface area (Å²) in [6.45, 7) is 4.40. The Morgan fingerprint density at radius 2 is 2.27 bits per heavy atom. The average Bonchev–Trinajstić information content (AvgIpc) is 3.11. The summed E-state index contributed by atoms with van der Waals surface area (Å²) in [4.78, 5) is 33.2. The number of amides is 2. The SMILES string of the molecule is COC(=O)NC(C(=O)N1CCC[C@H]1c1ncc(Cl)[nH]1)C(C)C. The summed E-state index contributed by atoms with van der Waals surface area (Å²) in [7, 11) is 1.28. The lowest BCUT2D eigenvalue weighted by atomic mass is 10.0. The van der Waals surface area contributed by atoms with Crippen molar-refractivity contribution in [2.24, 2.45) is 5.92 Å². The number of nitrogens with zero attached hydrogens (tertiary/aromatic N) is 2. The number of hydrogen-bond acceptors (Lipinski definition) is 4. The molecule has 1 aliphatic heterocycles. The van der Waals surface area contributed by atoms with E-state index in [4.69, 9.17) is 11.6 Å². The van der Waals surface area contributed by atoms with Gasteiger partial charge in [0.05, 0.1) is 19.3 Å². The molecule has 1 unspecified atom stereocenters. The van der Waals surface area contributed by atoms with Gasteiger partial charge in [-0.25, -0.2) is 9.78 Å². The van der Waals surface area contributed by atoms with Crippen LogP contribution < -0.4 is 5.32 Å². The molecule has 1 saturated heterocycles. The van der Waals surface area contributed by atoms with Gasteiger partial charge in [-0.2, -0.15) is 0 Å². The highest BCUT2D eigenvalue weighted by atomic mass is 35.5. The van der Waals surface area contributed by atoms with E-state index in [2.05, 4.69) is 20.0 Å². The van der Waals surface area contributed by atoms with Gasteiger partial charge in [-0.1, -0.05) is 25.4 Å². The minimum absolute atomic E-state index is 0.0481. The molecule has 8 heteroatoms. The Labute approximate surface area is 134 Å². The molecule has 0 aromatic carbocycles. The van der Waals surface area contributed by atoms with E-state index in [1.165, 1.54) is 13.3 Å². The lowest BCUT2D eigenvalue weighted by Crippen LogP contribution is -2.51. The molecule has 2 rings (SSSR count). The van der Waals surface area contributed by atoms with Crippen molar-refractivity contribution >= 4 is 23.6 Å². The molecule has 0 radical (unpaired) electrons. The standard InChI is InChI=1S/C14H21ClN4O3/c1-8(2)11(18-14(21)22-3)13(20)19-6-4-5-9(19)12-16-7-10(15)17-12/h7-9,11H,4-6H2,1-3H3,(H,16,17)(H,18,21)/t9-,11?/m0/s1. The van der Waals surface area contributed by atoms with E-state index in [9.17, 15) is 9.59 Å². The van der Waals surface area contributed by atoms with Gasteiger partial charge in [0.2, 0.25) is 5.91 Å². The Bertz CT molecular complexity index is 546. The maximum Gasteiger partial charge on any atom is 0.407 e. The third-order valence-corrected chi connectivity index (χ3v) is 4.00. The van der Waals surface area contributed by atoms with Gasteiger partial charge in [-0.05, 0) is 18.8 Å². The van der Waals surface area contributed by atoms with Crippen molar-refractivity contribution in [3.8, 4) is 0 Å². The van der Waals surface area contributed by atoms with Gasteiger partial charge in [0.1, 0.15) is 17.0 Å². The lowest BCUT2D eigenvalue weighted by molar-refractivity contribution is -0.135. The molecule has 0 bridgehead atoms. The van der Waals surface area contributed by atoms with Crippen molar-refractivity contribution in [3.05, 3.63) is 17.2 Å². The van der Waals surface area contributed by atoms with Crippen molar-refractivity contribution in [1.29, 1.82) is 0 Å². The predicted molar refractivity (Wildman–Crippen MR) is 81.5 cm³/mol. The third-order valence-electron chi connectivity index (χ3n) is 3.81. The molecule has 1 aromatic heterocycles. The van der Waals surface area contributed by atoms with Crippen LogP contribution in [0.15, 0.2) is 6.20 Å². The summed E-state index contributed by atoms with van der Waals surface area (Å²) in [6.07, 6.45) is 2.63. The molecule has 1 aromatic rings. The van der Waals surface area contributed by atoms with Crippen molar-refractivity contribution < 1.29 is 14.3 Å². The number of methoxy groups -OCH3 is 1. The second kappa shape index (κ2) is 7.00. The zero-order chi connectivity index (χ0) is 16.3. The average molecular weight is 329 g/mol. The van der Waals surface area contributed by atoms with Crippen LogP contribution in [0.5, 0.6) is 0 Å². The Morgan fingerprint density at radius 3 is 2.82 bits per heavy atom. The number of nitrogens with one attached hydrogen (secondary N) is 2. The Hall–Kier alpha value is -1.76. The molecule has 1 fully saturated rings. The molecule has 7 nitrogen and oxygen atoms in total. The topological polar surface area (TPSA) is 87.3 Å². The maximum absolute atomic E-state index is 12.8. The minimum Gasteiger partial charge on any atom is -0.453 e. The van der Waals surface area contributed by atoms with Crippen LogP contribution in [0.25, 0.3) is 0 Å². The van der Waals surface area contributed by atoms with Crippen LogP contribution in [0.4, 0.5) is 4.79 Å². The maximum atomic E-state index is 12.8. The number of H-pyrrole nitrogens is 1. The van der Waals surface area contributed by atoms with Gasteiger partial charge in [0.25, 0.3) is 0 Å². The van der Waals surface area contributed by atoms with Gasteiger partial charge in [0.15, 0.2) is 0 Å². The number of rotatable bonds is 4. The number of halogens is 1. The van der Waals surface area contributed by atoms with Crippen LogP contribution in [-0.2, 0) is 9.53 Å². The van der Waals surface area contributed by atoms with Gasteiger partial charge in [-0.3, -0.25) is 4.79 Å². The van der Waals surface area contributed by atoms with Gasteiger partial charge in [-0.15, -0.1) is 0 Å². The van der Waals surface area contributed by atoms with Gasteiger partial charge >= 0.3 is 6.09 Å². The number of aromatic amines is 1. The molecular formula is C14H21ClN4O3. The first-order valence-electron chi connectivity index (χ1n) is 7.29. The number of ether oxygens (including phenoxy) is 1. The zero-order valence-corrected chi connectivity index (χ0v) is 13.7. The van der Waals surface area contributed by atoms with E-state index < -0.39 is 12.1 Å². The molecule has 0 aliphatic carbocycles. The van der Waals surface area contributed by atoms with Crippen molar-refractivity contribution in [3.63, 3.8) is 0 Å². The summed E-state index contributed by atoms with van der Waals surface area (Å²) in [6, 6.07) is -0.765. The lowest BCUT2D eigenvalue weighted by Gasteiger charge is -2.29. The highest BCUT2D eigenvalue weighted by Gasteiger charge is 2.37. The fraction of sp³-hybridized carbons (Fsp3) is 0.643. The van der Waals surface area contributed by atoms with Crippen LogP contribution in [0, 0.1) is 5.92 Å². The van der Waals surface area contributed by atoms with E-state index in [0.29, 0.717) is 17.5 Å². The van der Waals surface area contributed by atoms with Crippen molar-refractivity contribution in [2.45, 2.75) is 38.8 Å². The molecule has 122 valence electrons. The first-order valence-corrected chi connectivity index (χ1v) is 7.67. The second-order valence-corrected chi connectivity index (χ2v) is 6.07. The quantitative estimate of drug-likeness (QED) is 0.886. The second-order valence-electron chi connectivity index (χ2n) is 5.66. The molecular weight excluding hydrogens is 308 g/mol. The molecule has 0 spiro atoms. The zero-order valence-electron chi connectivity index (χ0n) is 12.9.